The highest BCUT2D eigenvalue weighted by Crippen LogP contribution is 2.38. The Kier molecular flexibility index (Phi) is 3.22. The molecular weight excluding hydrogens is 242 g/mol. The number of likely N-dealkylation sites (tertiary alicyclic amines) is 1. The molecule has 0 aromatic heterocycles. The highest BCUT2D eigenvalue weighted by atomic mass is 16.2. The predicted octanol–water partition coefficient (Wildman–Crippen LogP) is 0.927. The van der Waals surface area contributed by atoms with E-state index in [1.54, 1.807) is 0 Å². The van der Waals surface area contributed by atoms with Crippen LogP contribution in [-0.4, -0.2) is 29.9 Å². The van der Waals surface area contributed by atoms with Gasteiger partial charge in [-0.25, -0.2) is 4.79 Å². The van der Waals surface area contributed by atoms with Crippen LogP contribution in [0.5, 0.6) is 0 Å². The summed E-state index contributed by atoms with van der Waals surface area (Å²) in [6.45, 7) is 4.67. The molecule has 1 fully saturated rings. The van der Waals surface area contributed by atoms with E-state index in [0.717, 1.165) is 11.1 Å². The molecule has 0 aliphatic carbocycles. The van der Waals surface area contributed by atoms with Gasteiger partial charge in [0.25, 0.3) is 0 Å². The van der Waals surface area contributed by atoms with Crippen LogP contribution in [0.25, 0.3) is 0 Å². The molecule has 3 amide bonds. The Balaban J connectivity index is 2.43. The second-order valence-corrected chi connectivity index (χ2v) is 5.38. The van der Waals surface area contributed by atoms with Gasteiger partial charge in [-0.2, -0.15) is 0 Å². The number of primary amides is 2. The van der Waals surface area contributed by atoms with Crippen LogP contribution in [0, 0.1) is 0 Å². The molecule has 0 saturated carbocycles. The first-order chi connectivity index (χ1) is 8.88. The smallest absolute Gasteiger partial charge is 0.314 e. The first kappa shape index (κ1) is 13.4. The average molecular weight is 261 g/mol. The number of amides is 3. The largest absolute Gasteiger partial charge is 0.369 e. The molecule has 4 N–H and O–H groups in total. The van der Waals surface area contributed by atoms with Gasteiger partial charge < -0.3 is 16.4 Å². The quantitative estimate of drug-likeness (QED) is 0.847. The first-order valence-electron chi connectivity index (χ1n) is 6.32. The monoisotopic (exact) mass is 261 g/mol. The van der Waals surface area contributed by atoms with E-state index in [1.165, 1.54) is 4.90 Å². The summed E-state index contributed by atoms with van der Waals surface area (Å²) in [5.74, 6) is -0.117. The zero-order valence-electron chi connectivity index (χ0n) is 11.2. The van der Waals surface area contributed by atoms with E-state index in [-0.39, 0.29) is 19.0 Å². The number of carbonyl (C=O) groups is 2. The van der Waals surface area contributed by atoms with E-state index in [4.69, 9.17) is 11.5 Å². The molecule has 1 heterocycles. The minimum atomic E-state index is -0.796. The van der Waals surface area contributed by atoms with Crippen molar-refractivity contribution in [2.24, 2.45) is 11.5 Å². The Morgan fingerprint density at radius 3 is 2.26 bits per heavy atom. The van der Waals surface area contributed by atoms with Crippen LogP contribution in [0.3, 0.4) is 0 Å². The third-order valence-electron chi connectivity index (χ3n) is 3.80. The van der Waals surface area contributed by atoms with Crippen molar-refractivity contribution in [3.8, 4) is 0 Å². The Hall–Kier alpha value is -2.04. The van der Waals surface area contributed by atoms with Gasteiger partial charge in [-0.05, 0) is 17.0 Å². The molecule has 0 spiro atoms. The van der Waals surface area contributed by atoms with Gasteiger partial charge in [0.1, 0.15) is 5.41 Å². The number of nitrogens with zero attached hydrogens (tertiary/aromatic N) is 1. The molecule has 1 aromatic rings. The Morgan fingerprint density at radius 1 is 1.21 bits per heavy atom. The van der Waals surface area contributed by atoms with Gasteiger partial charge in [0, 0.05) is 13.1 Å². The van der Waals surface area contributed by atoms with E-state index in [1.807, 2.05) is 24.3 Å². The van der Waals surface area contributed by atoms with E-state index >= 15 is 0 Å². The second kappa shape index (κ2) is 4.57. The molecule has 5 heteroatoms. The topological polar surface area (TPSA) is 89.4 Å². The van der Waals surface area contributed by atoms with Gasteiger partial charge in [-0.15, -0.1) is 0 Å². The van der Waals surface area contributed by atoms with Crippen LogP contribution >= 0.6 is 0 Å². The third-order valence-corrected chi connectivity index (χ3v) is 3.80. The van der Waals surface area contributed by atoms with E-state index in [9.17, 15) is 9.59 Å². The summed E-state index contributed by atoms with van der Waals surface area (Å²) >= 11 is 0. The number of nitrogens with two attached hydrogens (primary N) is 2. The summed E-state index contributed by atoms with van der Waals surface area (Å²) < 4.78 is 0. The van der Waals surface area contributed by atoms with Crippen LogP contribution in [-0.2, 0) is 10.2 Å². The van der Waals surface area contributed by atoms with Crippen molar-refractivity contribution in [3.05, 3.63) is 35.4 Å². The zero-order valence-corrected chi connectivity index (χ0v) is 11.2. The van der Waals surface area contributed by atoms with E-state index in [2.05, 4.69) is 13.8 Å². The third kappa shape index (κ3) is 2.05. The molecule has 0 atom stereocenters. The van der Waals surface area contributed by atoms with Crippen molar-refractivity contribution >= 4 is 11.9 Å². The highest BCUT2D eigenvalue weighted by Gasteiger charge is 2.51. The van der Waals surface area contributed by atoms with Gasteiger partial charge in [0.05, 0.1) is 0 Å². The number of urea groups is 1. The minimum absolute atomic E-state index is 0.265. The number of rotatable bonds is 3. The van der Waals surface area contributed by atoms with Crippen molar-refractivity contribution in [2.75, 3.05) is 13.1 Å². The lowest BCUT2D eigenvalue weighted by molar-refractivity contribution is -0.128. The molecule has 102 valence electrons. The molecule has 1 aromatic carbocycles. The molecular formula is C14H19N3O2. The summed E-state index contributed by atoms with van der Waals surface area (Å²) in [5, 5.41) is 0. The normalized spacial score (nSPS) is 17.1. The molecule has 1 saturated heterocycles. The van der Waals surface area contributed by atoms with Crippen molar-refractivity contribution in [2.45, 2.75) is 25.2 Å². The van der Waals surface area contributed by atoms with Crippen molar-refractivity contribution in [3.63, 3.8) is 0 Å². The van der Waals surface area contributed by atoms with Gasteiger partial charge in [-0.3, -0.25) is 4.79 Å². The molecule has 0 bridgehead atoms. The van der Waals surface area contributed by atoms with Gasteiger partial charge in [-0.1, -0.05) is 38.1 Å². The second-order valence-electron chi connectivity index (χ2n) is 5.38. The summed E-state index contributed by atoms with van der Waals surface area (Å²) in [6.07, 6.45) is 0. The lowest BCUT2D eigenvalue weighted by atomic mass is 9.70. The predicted molar refractivity (Wildman–Crippen MR) is 72.6 cm³/mol. The molecule has 19 heavy (non-hydrogen) atoms. The Morgan fingerprint density at radius 2 is 1.79 bits per heavy atom. The number of hydrogen-bond donors (Lipinski definition) is 2. The first-order valence-corrected chi connectivity index (χ1v) is 6.32. The molecule has 0 radical (unpaired) electrons. The summed E-state index contributed by atoms with van der Waals surface area (Å²) in [4.78, 5) is 24.5. The minimum Gasteiger partial charge on any atom is -0.369 e. The SMILES string of the molecule is CC(C)c1ccccc1C1(C(N)=O)CN(C(N)=O)C1. The van der Waals surface area contributed by atoms with E-state index in [0.29, 0.717) is 0 Å². The van der Waals surface area contributed by atoms with Gasteiger partial charge >= 0.3 is 6.03 Å². The van der Waals surface area contributed by atoms with Crippen LogP contribution < -0.4 is 11.5 Å². The van der Waals surface area contributed by atoms with Gasteiger partial charge in [0.2, 0.25) is 5.91 Å². The maximum atomic E-state index is 11.9. The van der Waals surface area contributed by atoms with Crippen LogP contribution in [0.2, 0.25) is 0 Å². The van der Waals surface area contributed by atoms with Crippen molar-refractivity contribution in [1.29, 1.82) is 0 Å². The maximum Gasteiger partial charge on any atom is 0.314 e. The highest BCUT2D eigenvalue weighted by molar-refractivity contribution is 5.91. The molecule has 1 aliphatic rings. The van der Waals surface area contributed by atoms with Crippen molar-refractivity contribution < 1.29 is 9.59 Å². The zero-order chi connectivity index (χ0) is 14.2. The van der Waals surface area contributed by atoms with Crippen LogP contribution in [0.15, 0.2) is 24.3 Å². The Labute approximate surface area is 112 Å². The van der Waals surface area contributed by atoms with Crippen LogP contribution in [0.1, 0.15) is 30.9 Å². The number of hydrogen-bond acceptors (Lipinski definition) is 2. The van der Waals surface area contributed by atoms with E-state index < -0.39 is 17.4 Å². The summed E-state index contributed by atoms with van der Waals surface area (Å²) in [6, 6.07) is 7.23. The molecule has 1 aliphatic heterocycles. The fraction of sp³-hybridized carbons (Fsp3) is 0.429. The lowest BCUT2D eigenvalue weighted by Crippen LogP contribution is -2.68. The average Bonchev–Trinajstić information content (AvgIpc) is 2.27. The van der Waals surface area contributed by atoms with Gasteiger partial charge in [0.15, 0.2) is 0 Å². The molecule has 5 nitrogen and oxygen atoms in total. The fourth-order valence-corrected chi connectivity index (χ4v) is 2.66. The molecule has 0 unspecified atom stereocenters. The lowest BCUT2D eigenvalue weighted by Gasteiger charge is -2.48. The molecule has 2 rings (SSSR count). The fourth-order valence-electron chi connectivity index (χ4n) is 2.66. The number of benzene rings is 1. The number of carbonyl (C=O) groups excluding carboxylic acids is 2. The maximum absolute atomic E-state index is 11.9. The summed E-state index contributed by atoms with van der Waals surface area (Å²) in [7, 11) is 0. The standard InChI is InChI=1S/C14H19N3O2/c1-9(2)10-5-3-4-6-11(10)14(12(15)18)7-17(8-14)13(16)19/h3-6,9H,7-8H2,1-2H3,(H2,15,18)(H2,16,19). The Bertz CT molecular complexity index is 519. The van der Waals surface area contributed by atoms with Crippen LogP contribution in [0.4, 0.5) is 4.79 Å². The summed E-state index contributed by atoms with van der Waals surface area (Å²) in [5.41, 5.74) is 12.0. The van der Waals surface area contributed by atoms with Crippen molar-refractivity contribution in [1.82, 2.24) is 4.90 Å².